The van der Waals surface area contributed by atoms with Gasteiger partial charge in [0.15, 0.2) is 5.13 Å². The predicted octanol–water partition coefficient (Wildman–Crippen LogP) is -0.137. The van der Waals surface area contributed by atoms with E-state index in [4.69, 9.17) is 0 Å². The molecule has 0 spiro atoms. The van der Waals surface area contributed by atoms with Gasteiger partial charge in [0, 0.05) is 70.2 Å². The number of piperazine rings is 1. The normalized spacial score (nSPS) is 16.2. The predicted molar refractivity (Wildman–Crippen MR) is 86.5 cm³/mol. The van der Waals surface area contributed by atoms with Crippen LogP contribution < -0.4 is 16.1 Å². The van der Waals surface area contributed by atoms with Gasteiger partial charge in [-0.2, -0.15) is 0 Å². The summed E-state index contributed by atoms with van der Waals surface area (Å²) in [5.41, 5.74) is 0.235. The minimum absolute atomic E-state index is 0.250. The SMILES string of the molecule is Cn1c(CN2CCN(c3nccs3)CC2)cc(=O)n(C)c1=O. The Bertz CT molecular complexity index is 757. The van der Waals surface area contributed by atoms with Crippen molar-refractivity contribution in [2.24, 2.45) is 14.1 Å². The van der Waals surface area contributed by atoms with E-state index in [1.807, 2.05) is 11.6 Å². The van der Waals surface area contributed by atoms with E-state index in [0.29, 0.717) is 6.54 Å². The van der Waals surface area contributed by atoms with E-state index in [0.717, 1.165) is 41.6 Å². The summed E-state index contributed by atoms with van der Waals surface area (Å²) < 4.78 is 2.68. The lowest BCUT2D eigenvalue weighted by atomic mass is 10.3. The summed E-state index contributed by atoms with van der Waals surface area (Å²) in [7, 11) is 3.21. The first-order chi connectivity index (χ1) is 10.6. The highest BCUT2D eigenvalue weighted by molar-refractivity contribution is 7.13. The Balaban J connectivity index is 1.69. The third kappa shape index (κ3) is 2.84. The molecule has 3 rings (SSSR count). The lowest BCUT2D eigenvalue weighted by Crippen LogP contribution is -2.47. The molecular weight excluding hydrogens is 302 g/mol. The van der Waals surface area contributed by atoms with Crippen molar-refractivity contribution in [3.8, 4) is 0 Å². The quantitative estimate of drug-likeness (QED) is 0.788. The van der Waals surface area contributed by atoms with Crippen LogP contribution in [0.5, 0.6) is 0 Å². The van der Waals surface area contributed by atoms with Gasteiger partial charge < -0.3 is 4.90 Å². The standard InChI is InChI=1S/C14H19N5O2S/c1-16-11(9-12(20)17(2)14(16)21)10-18-4-6-19(7-5-18)13-15-3-8-22-13/h3,8-9H,4-7,10H2,1-2H3. The number of hydrogen-bond donors (Lipinski definition) is 0. The molecule has 0 atom stereocenters. The molecule has 2 aromatic heterocycles. The van der Waals surface area contributed by atoms with Gasteiger partial charge in [0.25, 0.3) is 5.56 Å². The first kappa shape index (κ1) is 15.0. The van der Waals surface area contributed by atoms with Crippen molar-refractivity contribution < 1.29 is 0 Å². The summed E-state index contributed by atoms with van der Waals surface area (Å²) in [5.74, 6) is 0. The minimum Gasteiger partial charge on any atom is -0.346 e. The van der Waals surface area contributed by atoms with E-state index in [9.17, 15) is 9.59 Å². The van der Waals surface area contributed by atoms with E-state index in [1.54, 1.807) is 29.0 Å². The molecule has 1 aliphatic heterocycles. The number of rotatable bonds is 3. The summed E-state index contributed by atoms with van der Waals surface area (Å²) in [6, 6.07) is 1.55. The summed E-state index contributed by atoms with van der Waals surface area (Å²) in [6.45, 7) is 4.22. The molecule has 0 bridgehead atoms. The second-order valence-electron chi connectivity index (χ2n) is 5.45. The molecule has 22 heavy (non-hydrogen) atoms. The van der Waals surface area contributed by atoms with E-state index >= 15 is 0 Å². The Morgan fingerprint density at radius 2 is 1.86 bits per heavy atom. The summed E-state index contributed by atoms with van der Waals surface area (Å²) in [6.07, 6.45) is 1.82. The van der Waals surface area contributed by atoms with Crippen LogP contribution >= 0.6 is 11.3 Å². The van der Waals surface area contributed by atoms with E-state index in [-0.39, 0.29) is 11.2 Å². The van der Waals surface area contributed by atoms with Gasteiger partial charge >= 0.3 is 5.69 Å². The van der Waals surface area contributed by atoms with Crippen molar-refractivity contribution >= 4 is 16.5 Å². The Hall–Kier alpha value is -1.93. The first-order valence-corrected chi connectivity index (χ1v) is 8.07. The third-order valence-corrected chi connectivity index (χ3v) is 4.91. The van der Waals surface area contributed by atoms with Crippen LogP contribution in [0.2, 0.25) is 0 Å². The van der Waals surface area contributed by atoms with Gasteiger partial charge in [0.05, 0.1) is 0 Å². The average molecular weight is 321 g/mol. The third-order valence-electron chi connectivity index (χ3n) is 4.07. The topological polar surface area (TPSA) is 63.4 Å². The van der Waals surface area contributed by atoms with Gasteiger partial charge in [0.2, 0.25) is 0 Å². The molecule has 1 saturated heterocycles. The van der Waals surface area contributed by atoms with Gasteiger partial charge in [0.1, 0.15) is 0 Å². The van der Waals surface area contributed by atoms with E-state index < -0.39 is 0 Å². The van der Waals surface area contributed by atoms with Gasteiger partial charge in [-0.3, -0.25) is 18.8 Å². The Morgan fingerprint density at radius 3 is 2.50 bits per heavy atom. The molecule has 0 aromatic carbocycles. The van der Waals surface area contributed by atoms with Crippen LogP contribution in [-0.4, -0.2) is 45.2 Å². The lowest BCUT2D eigenvalue weighted by Gasteiger charge is -2.34. The first-order valence-electron chi connectivity index (χ1n) is 7.19. The molecule has 0 saturated carbocycles. The number of nitrogens with zero attached hydrogens (tertiary/aromatic N) is 5. The van der Waals surface area contributed by atoms with Crippen molar-refractivity contribution in [3.63, 3.8) is 0 Å². The molecule has 2 aromatic rings. The molecule has 0 amide bonds. The smallest absolute Gasteiger partial charge is 0.330 e. The number of thiazole rings is 1. The fraction of sp³-hybridized carbons (Fsp3) is 0.500. The Labute approximate surface area is 132 Å². The zero-order valence-corrected chi connectivity index (χ0v) is 13.5. The van der Waals surface area contributed by atoms with Crippen molar-refractivity contribution in [3.05, 3.63) is 44.2 Å². The minimum atomic E-state index is -0.274. The number of aromatic nitrogens is 3. The van der Waals surface area contributed by atoms with Crippen molar-refractivity contribution in [1.29, 1.82) is 0 Å². The Kier molecular flexibility index (Phi) is 4.12. The van der Waals surface area contributed by atoms with Crippen LogP contribution in [0.4, 0.5) is 5.13 Å². The average Bonchev–Trinajstić information content (AvgIpc) is 3.05. The largest absolute Gasteiger partial charge is 0.346 e. The second kappa shape index (κ2) is 6.05. The molecule has 0 unspecified atom stereocenters. The maximum Gasteiger partial charge on any atom is 0.330 e. The summed E-state index contributed by atoms with van der Waals surface area (Å²) in [5, 5.41) is 3.04. The molecular formula is C14H19N5O2S. The fourth-order valence-electron chi connectivity index (χ4n) is 2.63. The molecule has 0 N–H and O–H groups in total. The Morgan fingerprint density at radius 1 is 1.14 bits per heavy atom. The highest BCUT2D eigenvalue weighted by Crippen LogP contribution is 2.19. The van der Waals surface area contributed by atoms with Crippen LogP contribution in [0.1, 0.15) is 5.69 Å². The van der Waals surface area contributed by atoms with Gasteiger partial charge in [-0.1, -0.05) is 0 Å². The van der Waals surface area contributed by atoms with Crippen molar-refractivity contribution in [2.75, 3.05) is 31.1 Å². The van der Waals surface area contributed by atoms with Gasteiger partial charge in [-0.25, -0.2) is 9.78 Å². The van der Waals surface area contributed by atoms with Crippen LogP contribution in [0, 0.1) is 0 Å². The molecule has 7 nitrogen and oxygen atoms in total. The van der Waals surface area contributed by atoms with Crippen molar-refractivity contribution in [1.82, 2.24) is 19.0 Å². The lowest BCUT2D eigenvalue weighted by molar-refractivity contribution is 0.243. The highest BCUT2D eigenvalue weighted by atomic mass is 32.1. The van der Waals surface area contributed by atoms with Crippen LogP contribution in [-0.2, 0) is 20.6 Å². The van der Waals surface area contributed by atoms with Crippen LogP contribution in [0.3, 0.4) is 0 Å². The highest BCUT2D eigenvalue weighted by Gasteiger charge is 2.19. The monoisotopic (exact) mass is 321 g/mol. The number of anilines is 1. The number of hydrogen-bond acceptors (Lipinski definition) is 6. The zero-order valence-electron chi connectivity index (χ0n) is 12.7. The zero-order chi connectivity index (χ0) is 15.7. The van der Waals surface area contributed by atoms with Crippen LogP contribution in [0.25, 0.3) is 0 Å². The molecule has 8 heteroatoms. The van der Waals surface area contributed by atoms with Gasteiger partial charge in [-0.05, 0) is 0 Å². The molecule has 1 fully saturated rings. The van der Waals surface area contributed by atoms with Crippen LogP contribution in [0.15, 0.2) is 27.2 Å². The molecule has 0 aliphatic carbocycles. The summed E-state index contributed by atoms with van der Waals surface area (Å²) in [4.78, 5) is 32.6. The second-order valence-corrected chi connectivity index (χ2v) is 6.33. The van der Waals surface area contributed by atoms with Gasteiger partial charge in [-0.15, -0.1) is 11.3 Å². The van der Waals surface area contributed by atoms with Crippen molar-refractivity contribution in [2.45, 2.75) is 6.54 Å². The van der Waals surface area contributed by atoms with E-state index in [1.165, 1.54) is 7.05 Å². The molecule has 118 valence electrons. The maximum atomic E-state index is 12.0. The van der Waals surface area contributed by atoms with E-state index in [2.05, 4.69) is 14.8 Å². The molecule has 0 radical (unpaired) electrons. The summed E-state index contributed by atoms with van der Waals surface area (Å²) >= 11 is 1.65. The molecule has 3 heterocycles. The molecule has 1 aliphatic rings. The fourth-order valence-corrected chi connectivity index (χ4v) is 3.33. The maximum absolute atomic E-state index is 12.0.